The van der Waals surface area contributed by atoms with Gasteiger partial charge < -0.3 is 88.7 Å². The lowest BCUT2D eigenvalue weighted by Crippen LogP contribution is -2.70. The van der Waals surface area contributed by atoms with E-state index in [1.807, 2.05) is 0 Å². The third kappa shape index (κ3) is 49.5. The molecule has 18 unspecified atom stereocenters. The Morgan fingerprint density at radius 2 is 0.647 bits per heavy atom. The molecule has 2 aliphatic heterocycles. The molecule has 0 spiro atoms. The summed E-state index contributed by atoms with van der Waals surface area (Å²) in [5.74, 6) is -2.96. The van der Waals surface area contributed by atoms with E-state index in [9.17, 15) is 74.6 Å². The second-order valence-corrected chi connectivity index (χ2v) is 34.9. The number of carbonyl (C=O) groups excluding carboxylic acids is 4. The third-order valence-electron chi connectivity index (χ3n) is 23.0. The fourth-order valence-corrected chi connectivity index (χ4v) is 16.5. The summed E-state index contributed by atoms with van der Waals surface area (Å²) in [7, 11) is -5.80. The smallest absolute Gasteiger partial charge is 0.463 e. The van der Waals surface area contributed by atoms with Crippen LogP contribution in [0.25, 0.3) is 0 Å². The van der Waals surface area contributed by atoms with Crippen LogP contribution in [0.4, 0.5) is 0 Å². The van der Waals surface area contributed by atoms with E-state index in [1.54, 1.807) is 0 Å². The molecule has 0 aromatic carbocycles. The molecule has 0 radical (unpaired) electrons. The Morgan fingerprint density at radius 1 is 0.336 bits per heavy atom. The van der Waals surface area contributed by atoms with Crippen LogP contribution in [-0.2, 0) is 70.7 Å². The topological polar surface area (TPSA) is 380 Å². The molecular formula is C90H167O25P. The highest BCUT2D eigenvalue weighted by Crippen LogP contribution is 2.49. The SMILES string of the molecule is CCCCCCCC/C=C\CCCCCC(=O)OCC1OC(OC2C(OC(=O)CCCCCCCCCCCCCCCCCC)C(O)C(O)C(OC3OC(CO)C(O)C(O)C3O)C2OP(=O)(O)OCC(COC(=O)CCCCCCCCCCCCCCC)OC(=O)CCCCCCCCCCCCCCCCC)C(O)C(O)C1O. The van der Waals surface area contributed by atoms with E-state index in [0.717, 1.165) is 122 Å². The van der Waals surface area contributed by atoms with Gasteiger partial charge in [-0.2, -0.15) is 0 Å². The van der Waals surface area contributed by atoms with Gasteiger partial charge in [-0.25, -0.2) is 4.57 Å². The Kier molecular flexibility index (Phi) is 64.4. The van der Waals surface area contributed by atoms with E-state index in [1.165, 1.54) is 193 Å². The predicted octanol–water partition coefficient (Wildman–Crippen LogP) is 17.2. The fourth-order valence-electron chi connectivity index (χ4n) is 15.5. The maximum Gasteiger partial charge on any atom is 0.472 e. The number of hydrogen-bond donors (Lipinski definition) is 10. The van der Waals surface area contributed by atoms with Crippen LogP contribution in [0.15, 0.2) is 12.2 Å². The van der Waals surface area contributed by atoms with Crippen LogP contribution >= 0.6 is 7.82 Å². The Hall–Kier alpha value is -2.79. The molecule has 2 saturated heterocycles. The molecule has 682 valence electrons. The van der Waals surface area contributed by atoms with Gasteiger partial charge in [0.2, 0.25) is 0 Å². The maximum atomic E-state index is 14.9. The van der Waals surface area contributed by atoms with Crippen molar-refractivity contribution in [2.45, 2.75) is 511 Å². The molecule has 3 aliphatic rings. The molecule has 116 heavy (non-hydrogen) atoms. The van der Waals surface area contributed by atoms with E-state index in [-0.39, 0.29) is 25.7 Å². The Morgan fingerprint density at radius 3 is 1.03 bits per heavy atom. The van der Waals surface area contributed by atoms with Gasteiger partial charge in [-0.15, -0.1) is 0 Å². The van der Waals surface area contributed by atoms with Crippen LogP contribution in [0.3, 0.4) is 0 Å². The summed E-state index contributed by atoms with van der Waals surface area (Å²) in [4.78, 5) is 66.4. The number of carbonyl (C=O) groups is 4. The molecule has 0 amide bonds. The molecule has 3 rings (SSSR count). The first-order chi connectivity index (χ1) is 56.2. The lowest BCUT2D eigenvalue weighted by Gasteiger charge is -2.50. The highest BCUT2D eigenvalue weighted by atomic mass is 31.2. The number of ether oxygens (including phenoxy) is 8. The summed E-state index contributed by atoms with van der Waals surface area (Å²) >= 11 is 0. The minimum atomic E-state index is -5.80. The van der Waals surface area contributed by atoms with Gasteiger partial charge in [0.1, 0.15) is 92.6 Å². The summed E-state index contributed by atoms with van der Waals surface area (Å²) in [6.07, 6.45) is 27.8. The minimum Gasteiger partial charge on any atom is -0.463 e. The van der Waals surface area contributed by atoms with Crippen LogP contribution < -0.4 is 0 Å². The van der Waals surface area contributed by atoms with E-state index >= 15 is 0 Å². The molecule has 18 atom stereocenters. The number of aliphatic hydroxyl groups excluding tert-OH is 9. The van der Waals surface area contributed by atoms with Crippen molar-refractivity contribution in [1.29, 1.82) is 0 Å². The van der Waals surface area contributed by atoms with Gasteiger partial charge in [0.05, 0.1) is 13.2 Å². The molecule has 1 saturated carbocycles. The van der Waals surface area contributed by atoms with Crippen LogP contribution in [0.5, 0.6) is 0 Å². The summed E-state index contributed by atoms with van der Waals surface area (Å²) in [5.41, 5.74) is 0. The Balaban J connectivity index is 1.92. The lowest BCUT2D eigenvalue weighted by atomic mass is 9.84. The van der Waals surface area contributed by atoms with E-state index < -0.39 is 162 Å². The molecular weight excluding hydrogens is 1510 g/mol. The molecule has 0 bridgehead atoms. The van der Waals surface area contributed by atoms with Crippen molar-refractivity contribution in [2.24, 2.45) is 0 Å². The molecule has 0 aromatic heterocycles. The van der Waals surface area contributed by atoms with E-state index in [2.05, 4.69) is 39.8 Å². The van der Waals surface area contributed by atoms with Gasteiger partial charge >= 0.3 is 31.7 Å². The van der Waals surface area contributed by atoms with Crippen molar-refractivity contribution >= 4 is 31.7 Å². The molecule has 3 fully saturated rings. The first-order valence-corrected chi connectivity index (χ1v) is 48.4. The van der Waals surface area contributed by atoms with Crippen molar-refractivity contribution in [1.82, 2.24) is 0 Å². The summed E-state index contributed by atoms with van der Waals surface area (Å²) < 4.78 is 73.4. The summed E-state index contributed by atoms with van der Waals surface area (Å²) in [6.45, 7) is 5.60. The highest BCUT2D eigenvalue weighted by molar-refractivity contribution is 7.47. The standard InChI is InChI=1S/C90H167O25P/c1-5-9-13-17-21-25-29-33-35-37-41-45-49-53-57-61-65-76(95)112-85-81(100)82(101)86(113-89-83(102)79(98)77(96)71(66-91)110-89)88(87(85)114-90-84(103)80(99)78(97)72(111-90)69-107-74(93)63-59-55-51-47-43-39-32-28-24-20-16-12-8-4)115-116(104,105)108-68-70(67-106-73(92)62-58-54-50-46-42-38-31-27-23-19-15-11-7-3)109-75(94)64-60-56-52-48-44-40-36-34-30-26-22-18-14-10-6-2/h39,43,70-72,77-91,96-103H,5-38,40-42,44-69H2,1-4H3,(H,104,105)/b43-39-. The molecule has 26 heteroatoms. The van der Waals surface area contributed by atoms with E-state index in [4.69, 9.17) is 46.9 Å². The molecule has 0 aromatic rings. The van der Waals surface area contributed by atoms with Crippen molar-refractivity contribution in [3.8, 4) is 0 Å². The van der Waals surface area contributed by atoms with E-state index in [0.29, 0.717) is 38.5 Å². The normalized spacial score (nSPS) is 25.2. The second kappa shape index (κ2) is 69.6. The van der Waals surface area contributed by atoms with Crippen LogP contribution in [0, 0.1) is 0 Å². The lowest BCUT2D eigenvalue weighted by molar-refractivity contribution is -0.360. The monoisotopic (exact) mass is 1680 g/mol. The number of unbranched alkanes of at least 4 members (excludes halogenated alkanes) is 50. The first kappa shape index (κ1) is 107. The van der Waals surface area contributed by atoms with Crippen molar-refractivity contribution in [3.05, 3.63) is 12.2 Å². The van der Waals surface area contributed by atoms with Gasteiger partial charge in [-0.3, -0.25) is 28.2 Å². The van der Waals surface area contributed by atoms with Crippen LogP contribution in [-0.4, -0.2) is 205 Å². The van der Waals surface area contributed by atoms with Crippen LogP contribution in [0.2, 0.25) is 0 Å². The summed E-state index contributed by atoms with van der Waals surface area (Å²) in [6, 6.07) is 0. The largest absolute Gasteiger partial charge is 0.472 e. The molecule has 2 heterocycles. The number of rotatable bonds is 76. The van der Waals surface area contributed by atoms with Gasteiger partial charge in [0, 0.05) is 25.7 Å². The number of aliphatic hydroxyl groups is 9. The zero-order valence-electron chi connectivity index (χ0n) is 72.6. The molecule has 10 N–H and O–H groups in total. The number of allylic oxidation sites excluding steroid dienone is 2. The fraction of sp³-hybridized carbons (Fsp3) is 0.933. The molecule has 1 aliphatic carbocycles. The van der Waals surface area contributed by atoms with Gasteiger partial charge in [0.25, 0.3) is 0 Å². The number of hydrogen-bond acceptors (Lipinski definition) is 24. The van der Waals surface area contributed by atoms with Gasteiger partial charge in [-0.05, 0) is 51.4 Å². The predicted molar refractivity (Wildman–Crippen MR) is 449 cm³/mol. The molecule has 25 nitrogen and oxygen atoms in total. The number of esters is 4. The zero-order valence-corrected chi connectivity index (χ0v) is 73.5. The van der Waals surface area contributed by atoms with Crippen molar-refractivity contribution < 1.29 is 122 Å². The highest BCUT2D eigenvalue weighted by Gasteiger charge is 2.60. The Labute approximate surface area is 699 Å². The third-order valence-corrected chi connectivity index (χ3v) is 24.0. The van der Waals surface area contributed by atoms with Gasteiger partial charge in [0.15, 0.2) is 24.8 Å². The average molecular weight is 1680 g/mol. The van der Waals surface area contributed by atoms with Gasteiger partial charge in [-0.1, -0.05) is 342 Å². The van der Waals surface area contributed by atoms with Crippen molar-refractivity contribution in [2.75, 3.05) is 26.4 Å². The van der Waals surface area contributed by atoms with Crippen molar-refractivity contribution in [3.63, 3.8) is 0 Å². The second-order valence-electron chi connectivity index (χ2n) is 33.5. The maximum absolute atomic E-state index is 14.9. The quantitative estimate of drug-likeness (QED) is 0.00889. The van der Waals surface area contributed by atoms with Crippen LogP contribution in [0.1, 0.15) is 407 Å². The number of phosphoric ester groups is 1. The minimum absolute atomic E-state index is 0.00422. The average Bonchev–Trinajstić information content (AvgIpc) is 0.754. The zero-order chi connectivity index (χ0) is 84.7. The number of phosphoric acid groups is 1. The first-order valence-electron chi connectivity index (χ1n) is 46.9. The summed E-state index contributed by atoms with van der Waals surface area (Å²) in [5, 5.41) is 102. The Bertz CT molecular complexity index is 2460.